The zero-order valence-corrected chi connectivity index (χ0v) is 17.7. The fraction of sp³-hybridized carbons (Fsp3) is 0.350. The highest BCUT2D eigenvalue weighted by Gasteiger charge is 2.21. The van der Waals surface area contributed by atoms with E-state index in [1.165, 1.54) is 35.9 Å². The molecule has 28 heavy (non-hydrogen) atoms. The lowest BCUT2D eigenvalue weighted by molar-refractivity contribution is -0.116. The Bertz CT molecular complexity index is 903. The van der Waals surface area contributed by atoms with Crippen LogP contribution < -0.4 is 5.32 Å². The highest BCUT2D eigenvalue weighted by atomic mass is 35.5. The average Bonchev–Trinajstić information content (AvgIpc) is 3.47. The predicted molar refractivity (Wildman–Crippen MR) is 117 cm³/mol. The molecule has 5 nitrogen and oxygen atoms in total. The molecule has 3 heterocycles. The fourth-order valence-corrected chi connectivity index (χ4v) is 5.23. The topological polar surface area (TPSA) is 69.1 Å². The number of carbonyl (C=O) groups is 1. The molecule has 146 valence electrons. The second kappa shape index (κ2) is 8.68. The molecule has 0 saturated carbocycles. The molecule has 1 atom stereocenters. The number of nitrogens with zero attached hydrogens (tertiary/aromatic N) is 2. The molecule has 8 heteroatoms. The van der Waals surface area contributed by atoms with Gasteiger partial charge in [0.15, 0.2) is 0 Å². The van der Waals surface area contributed by atoms with Crippen LogP contribution in [-0.4, -0.2) is 39.4 Å². The smallest absolute Gasteiger partial charge is 0.257 e. The van der Waals surface area contributed by atoms with Gasteiger partial charge in [0.05, 0.1) is 21.9 Å². The number of rotatable bonds is 5. The van der Waals surface area contributed by atoms with Crippen LogP contribution in [0.4, 0.5) is 0 Å². The summed E-state index contributed by atoms with van der Waals surface area (Å²) in [4.78, 5) is 19.6. The number of benzene rings is 1. The Morgan fingerprint density at radius 3 is 2.71 bits per heavy atom. The fourth-order valence-electron chi connectivity index (χ4n) is 3.27. The lowest BCUT2D eigenvalue weighted by Crippen LogP contribution is -2.27. The van der Waals surface area contributed by atoms with Gasteiger partial charge in [0, 0.05) is 29.6 Å². The van der Waals surface area contributed by atoms with Gasteiger partial charge in [0.1, 0.15) is 10.8 Å². The summed E-state index contributed by atoms with van der Waals surface area (Å²) >= 11 is 8.94. The Kier molecular flexibility index (Phi) is 6.04. The van der Waals surface area contributed by atoms with E-state index in [9.17, 15) is 4.79 Å². The number of thiazole rings is 1. The standard InChI is InChI=1S/C20H21ClN4OS2/c21-17-8-7-16(28-17)20(26)23-11-18-24-15(12-27-18)13-3-5-14(6-4-13)19(22)25-9-1-2-10-25/h3-7,12,17,22H,1-2,8-11H2,(H,23,26). The van der Waals surface area contributed by atoms with Gasteiger partial charge in [-0.15, -0.1) is 34.7 Å². The largest absolute Gasteiger partial charge is 0.357 e. The van der Waals surface area contributed by atoms with Gasteiger partial charge in [-0.3, -0.25) is 10.2 Å². The molecule has 1 fully saturated rings. The predicted octanol–water partition coefficient (Wildman–Crippen LogP) is 4.43. The maximum Gasteiger partial charge on any atom is 0.257 e. The van der Waals surface area contributed by atoms with Gasteiger partial charge >= 0.3 is 0 Å². The molecule has 1 aromatic carbocycles. The zero-order chi connectivity index (χ0) is 19.5. The number of allylic oxidation sites excluding steroid dienone is 1. The maximum atomic E-state index is 12.1. The number of thioether (sulfide) groups is 1. The molecule has 1 aromatic heterocycles. The number of alkyl halides is 1. The van der Waals surface area contributed by atoms with Crippen LogP contribution in [0.25, 0.3) is 11.3 Å². The number of aromatic nitrogens is 1. The van der Waals surface area contributed by atoms with Crippen molar-refractivity contribution < 1.29 is 4.79 Å². The van der Waals surface area contributed by atoms with E-state index < -0.39 is 0 Å². The third-order valence-electron chi connectivity index (χ3n) is 4.80. The van der Waals surface area contributed by atoms with Gasteiger partial charge < -0.3 is 10.2 Å². The quantitative estimate of drug-likeness (QED) is 0.416. The number of hydrogen-bond donors (Lipinski definition) is 2. The lowest BCUT2D eigenvalue weighted by atomic mass is 10.1. The van der Waals surface area contributed by atoms with Crippen LogP contribution in [0.15, 0.2) is 40.6 Å². The number of hydrogen-bond acceptors (Lipinski definition) is 5. The first-order chi connectivity index (χ1) is 13.6. The normalized spacial score (nSPS) is 19.0. The summed E-state index contributed by atoms with van der Waals surface area (Å²) in [5, 5.41) is 14.1. The van der Waals surface area contributed by atoms with E-state index in [-0.39, 0.29) is 10.6 Å². The molecule has 4 rings (SSSR count). The van der Waals surface area contributed by atoms with E-state index in [1.54, 1.807) is 0 Å². The molecule has 0 radical (unpaired) electrons. The Morgan fingerprint density at radius 1 is 1.29 bits per heavy atom. The average molecular weight is 433 g/mol. The minimum absolute atomic E-state index is 0.0397. The summed E-state index contributed by atoms with van der Waals surface area (Å²) in [6.45, 7) is 2.36. The van der Waals surface area contributed by atoms with Gasteiger partial charge in [-0.2, -0.15) is 0 Å². The third-order valence-corrected chi connectivity index (χ3v) is 7.14. The molecule has 0 bridgehead atoms. The maximum absolute atomic E-state index is 12.1. The molecule has 0 spiro atoms. The molecular formula is C20H21ClN4OS2. The summed E-state index contributed by atoms with van der Waals surface area (Å²) < 4.78 is -0.0397. The van der Waals surface area contributed by atoms with E-state index in [0.29, 0.717) is 17.3 Å². The molecule has 0 aliphatic carbocycles. The van der Waals surface area contributed by atoms with Crippen molar-refractivity contribution in [2.45, 2.75) is 30.5 Å². The zero-order valence-electron chi connectivity index (χ0n) is 15.3. The Balaban J connectivity index is 1.36. The first kappa shape index (κ1) is 19.5. The number of likely N-dealkylation sites (tertiary alicyclic amines) is 1. The monoisotopic (exact) mass is 432 g/mol. The molecule has 2 aliphatic rings. The number of carbonyl (C=O) groups excluding carboxylic acids is 1. The minimum atomic E-state index is -0.0883. The number of amides is 1. The van der Waals surface area contributed by atoms with Gasteiger partial charge in [-0.05, 0) is 19.3 Å². The van der Waals surface area contributed by atoms with Gasteiger partial charge in [-0.25, -0.2) is 4.98 Å². The van der Waals surface area contributed by atoms with Crippen molar-refractivity contribution in [2.75, 3.05) is 13.1 Å². The van der Waals surface area contributed by atoms with Crippen LogP contribution in [0.3, 0.4) is 0 Å². The summed E-state index contributed by atoms with van der Waals surface area (Å²) in [6, 6.07) is 8.00. The molecule has 1 saturated heterocycles. The van der Waals surface area contributed by atoms with Crippen molar-refractivity contribution in [3.05, 3.63) is 51.2 Å². The molecule has 2 N–H and O–H groups in total. The molecule has 1 amide bonds. The van der Waals surface area contributed by atoms with Crippen LogP contribution in [0.2, 0.25) is 0 Å². The molecule has 2 aliphatic heterocycles. The number of halogens is 1. The van der Waals surface area contributed by atoms with Crippen molar-refractivity contribution in [1.82, 2.24) is 15.2 Å². The van der Waals surface area contributed by atoms with Crippen molar-refractivity contribution in [2.24, 2.45) is 0 Å². The van der Waals surface area contributed by atoms with Crippen LogP contribution in [-0.2, 0) is 11.3 Å². The Labute approximate surface area is 177 Å². The summed E-state index contributed by atoms with van der Waals surface area (Å²) in [5.41, 5.74) is 2.85. The van der Waals surface area contributed by atoms with Crippen LogP contribution in [0.1, 0.15) is 29.8 Å². The van der Waals surface area contributed by atoms with Crippen molar-refractivity contribution in [3.63, 3.8) is 0 Å². The van der Waals surface area contributed by atoms with Crippen molar-refractivity contribution in [3.8, 4) is 11.3 Å². The molecular weight excluding hydrogens is 412 g/mol. The summed E-state index contributed by atoms with van der Waals surface area (Å²) in [7, 11) is 0. The van der Waals surface area contributed by atoms with Crippen LogP contribution in [0, 0.1) is 5.41 Å². The molecule has 1 unspecified atom stereocenters. The molecule has 2 aromatic rings. The van der Waals surface area contributed by atoms with Gasteiger partial charge in [-0.1, -0.05) is 30.3 Å². The van der Waals surface area contributed by atoms with E-state index in [2.05, 4.69) is 15.2 Å². The van der Waals surface area contributed by atoms with Gasteiger partial charge in [0.2, 0.25) is 0 Å². The van der Waals surface area contributed by atoms with Crippen LogP contribution >= 0.6 is 34.7 Å². The number of amidine groups is 1. The summed E-state index contributed by atoms with van der Waals surface area (Å²) in [6.07, 6.45) is 4.94. The second-order valence-corrected chi connectivity index (χ2v) is 9.73. The SMILES string of the molecule is N=C(c1ccc(-c2csc(CNC(=O)C3=CCC(Cl)S3)n2)cc1)N1CCCC1. The lowest BCUT2D eigenvalue weighted by Gasteiger charge is -2.18. The Hall–Kier alpha value is -1.83. The third kappa shape index (κ3) is 4.42. The van der Waals surface area contributed by atoms with E-state index >= 15 is 0 Å². The highest BCUT2D eigenvalue weighted by molar-refractivity contribution is 8.05. The van der Waals surface area contributed by atoms with Crippen molar-refractivity contribution in [1.29, 1.82) is 5.41 Å². The summed E-state index contributed by atoms with van der Waals surface area (Å²) in [5.74, 6) is 0.513. The first-order valence-electron chi connectivity index (χ1n) is 9.28. The highest BCUT2D eigenvalue weighted by Crippen LogP contribution is 2.34. The van der Waals surface area contributed by atoms with E-state index in [0.717, 1.165) is 41.3 Å². The van der Waals surface area contributed by atoms with E-state index in [4.69, 9.17) is 17.0 Å². The number of nitrogens with one attached hydrogen (secondary N) is 2. The van der Waals surface area contributed by atoms with E-state index in [1.807, 2.05) is 35.7 Å². The van der Waals surface area contributed by atoms with Gasteiger partial charge in [0.25, 0.3) is 5.91 Å². The minimum Gasteiger partial charge on any atom is -0.357 e. The van der Waals surface area contributed by atoms with Crippen LogP contribution in [0.5, 0.6) is 0 Å². The Morgan fingerprint density at radius 2 is 2.04 bits per heavy atom. The first-order valence-corrected chi connectivity index (χ1v) is 11.5. The van der Waals surface area contributed by atoms with Crippen molar-refractivity contribution >= 4 is 46.4 Å². The second-order valence-electron chi connectivity index (χ2n) is 6.76.